The standard InChI is InChI=1S/C26H20N4OS/c1-18-23(25(31)30(29-18)22-10-6-3-7-11-22)16-27-26-28-24(17-32-26)21-14-12-20(13-15-21)19-8-4-2-5-9-19/h2-17,29H,1H3/b27-16+. The van der Waals surface area contributed by atoms with Gasteiger partial charge in [0.2, 0.25) is 5.13 Å². The van der Waals surface area contributed by atoms with E-state index in [0.717, 1.165) is 22.6 Å². The Hall–Kier alpha value is -4.03. The van der Waals surface area contributed by atoms with Gasteiger partial charge in [-0.05, 0) is 30.2 Å². The Bertz CT molecular complexity index is 1430. The van der Waals surface area contributed by atoms with Crippen molar-refractivity contribution in [2.45, 2.75) is 6.92 Å². The Morgan fingerprint density at radius 3 is 2.22 bits per heavy atom. The van der Waals surface area contributed by atoms with Gasteiger partial charge in [-0.2, -0.15) is 0 Å². The molecule has 5 nitrogen and oxygen atoms in total. The summed E-state index contributed by atoms with van der Waals surface area (Å²) in [4.78, 5) is 21.9. The van der Waals surface area contributed by atoms with E-state index in [2.05, 4.69) is 51.5 Å². The quantitative estimate of drug-likeness (QED) is 0.343. The van der Waals surface area contributed by atoms with E-state index in [0.29, 0.717) is 10.7 Å². The Kier molecular flexibility index (Phi) is 5.35. The van der Waals surface area contributed by atoms with Crippen molar-refractivity contribution in [3.8, 4) is 28.1 Å². The number of nitrogens with one attached hydrogen (secondary N) is 1. The van der Waals surface area contributed by atoms with Crippen LogP contribution in [0, 0.1) is 6.92 Å². The molecule has 0 aliphatic rings. The molecule has 0 unspecified atom stereocenters. The van der Waals surface area contributed by atoms with Gasteiger partial charge in [0.1, 0.15) is 0 Å². The second-order valence-corrected chi connectivity index (χ2v) is 8.18. The molecule has 0 aliphatic carbocycles. The summed E-state index contributed by atoms with van der Waals surface area (Å²) in [5, 5.41) is 5.70. The van der Waals surface area contributed by atoms with Crippen LogP contribution < -0.4 is 5.56 Å². The molecular formula is C26H20N4OS. The summed E-state index contributed by atoms with van der Waals surface area (Å²) >= 11 is 1.45. The maximum Gasteiger partial charge on any atom is 0.280 e. The molecule has 3 aromatic carbocycles. The van der Waals surface area contributed by atoms with Crippen LogP contribution in [-0.2, 0) is 0 Å². The number of aliphatic imine (C=N–C) groups is 1. The van der Waals surface area contributed by atoms with Crippen LogP contribution in [-0.4, -0.2) is 21.0 Å². The van der Waals surface area contributed by atoms with Gasteiger partial charge in [0.25, 0.3) is 5.56 Å². The summed E-state index contributed by atoms with van der Waals surface area (Å²) in [7, 11) is 0. The van der Waals surface area contributed by atoms with E-state index >= 15 is 0 Å². The molecule has 0 atom stereocenters. The summed E-state index contributed by atoms with van der Waals surface area (Å²) in [6.45, 7) is 1.86. The van der Waals surface area contributed by atoms with Crippen LogP contribution in [0.25, 0.3) is 28.1 Å². The third-order valence-electron chi connectivity index (χ3n) is 5.22. The first-order chi connectivity index (χ1) is 15.7. The average Bonchev–Trinajstić information content (AvgIpc) is 3.43. The molecule has 0 bridgehead atoms. The van der Waals surface area contributed by atoms with Gasteiger partial charge in [-0.1, -0.05) is 72.8 Å². The lowest BCUT2D eigenvalue weighted by atomic mass is 10.0. The summed E-state index contributed by atoms with van der Waals surface area (Å²) in [6, 6.07) is 28.1. The van der Waals surface area contributed by atoms with Crippen LogP contribution in [0.4, 0.5) is 5.13 Å². The van der Waals surface area contributed by atoms with Crippen LogP contribution in [0.3, 0.4) is 0 Å². The second-order valence-electron chi connectivity index (χ2n) is 7.34. The minimum atomic E-state index is -0.134. The highest BCUT2D eigenvalue weighted by atomic mass is 32.1. The van der Waals surface area contributed by atoms with Gasteiger partial charge < -0.3 is 0 Å². The number of thiazole rings is 1. The Morgan fingerprint density at radius 2 is 1.50 bits per heavy atom. The zero-order chi connectivity index (χ0) is 21.9. The molecule has 0 spiro atoms. The molecular weight excluding hydrogens is 416 g/mol. The third-order valence-corrected chi connectivity index (χ3v) is 5.96. The van der Waals surface area contributed by atoms with Gasteiger partial charge in [0, 0.05) is 22.9 Å². The molecule has 0 fully saturated rings. The lowest BCUT2D eigenvalue weighted by Gasteiger charge is -2.02. The van der Waals surface area contributed by atoms with Crippen LogP contribution in [0.5, 0.6) is 0 Å². The SMILES string of the molecule is Cc1[nH]n(-c2ccccc2)c(=O)c1/C=N/c1nc(-c2ccc(-c3ccccc3)cc2)cs1. The van der Waals surface area contributed by atoms with Crippen LogP contribution in [0.2, 0.25) is 0 Å². The Morgan fingerprint density at radius 1 is 0.875 bits per heavy atom. The fraction of sp³-hybridized carbons (Fsp3) is 0.0385. The summed E-state index contributed by atoms with van der Waals surface area (Å²) < 4.78 is 1.53. The van der Waals surface area contributed by atoms with E-state index in [1.54, 1.807) is 6.21 Å². The summed E-state index contributed by atoms with van der Waals surface area (Å²) in [5.74, 6) is 0. The number of aromatic nitrogens is 3. The first kappa shape index (κ1) is 19.9. The zero-order valence-corrected chi connectivity index (χ0v) is 18.2. The van der Waals surface area contributed by atoms with E-state index in [1.807, 2.05) is 60.8 Å². The highest BCUT2D eigenvalue weighted by Crippen LogP contribution is 2.28. The van der Waals surface area contributed by atoms with Crippen molar-refractivity contribution < 1.29 is 0 Å². The number of aryl methyl sites for hydroxylation is 1. The summed E-state index contributed by atoms with van der Waals surface area (Å²) in [5.41, 5.74) is 6.20. The van der Waals surface area contributed by atoms with Gasteiger partial charge in [0.05, 0.1) is 16.9 Å². The van der Waals surface area contributed by atoms with Crippen LogP contribution in [0.1, 0.15) is 11.3 Å². The van der Waals surface area contributed by atoms with E-state index < -0.39 is 0 Å². The van der Waals surface area contributed by atoms with Crippen molar-refractivity contribution in [3.05, 3.63) is 112 Å². The van der Waals surface area contributed by atoms with E-state index in [-0.39, 0.29) is 5.56 Å². The van der Waals surface area contributed by atoms with Crippen molar-refractivity contribution in [2.75, 3.05) is 0 Å². The van der Waals surface area contributed by atoms with Crippen LogP contribution in [0.15, 0.2) is 100 Å². The van der Waals surface area contributed by atoms with E-state index in [4.69, 9.17) is 0 Å². The number of rotatable bonds is 5. The van der Waals surface area contributed by atoms with Crippen molar-refractivity contribution >= 4 is 22.7 Å². The molecule has 2 heterocycles. The Balaban J connectivity index is 1.37. The maximum absolute atomic E-state index is 12.8. The monoisotopic (exact) mass is 436 g/mol. The number of nitrogens with zero attached hydrogens (tertiary/aromatic N) is 3. The van der Waals surface area contributed by atoms with Gasteiger partial charge in [-0.25, -0.2) is 14.7 Å². The highest BCUT2D eigenvalue weighted by molar-refractivity contribution is 7.13. The molecule has 0 aliphatic heterocycles. The van der Waals surface area contributed by atoms with Gasteiger partial charge >= 0.3 is 0 Å². The minimum Gasteiger partial charge on any atom is -0.295 e. The van der Waals surface area contributed by atoms with Gasteiger partial charge in [-0.3, -0.25) is 9.89 Å². The molecule has 1 N–H and O–H groups in total. The average molecular weight is 437 g/mol. The zero-order valence-electron chi connectivity index (χ0n) is 17.4. The van der Waals surface area contributed by atoms with Crippen LogP contribution >= 0.6 is 11.3 Å². The van der Waals surface area contributed by atoms with Crippen molar-refractivity contribution in [1.82, 2.24) is 14.8 Å². The first-order valence-corrected chi connectivity index (χ1v) is 11.1. The number of hydrogen-bond donors (Lipinski definition) is 1. The predicted octanol–water partition coefficient (Wildman–Crippen LogP) is 6.02. The fourth-order valence-electron chi connectivity index (χ4n) is 3.51. The lowest BCUT2D eigenvalue weighted by molar-refractivity contribution is 0.835. The molecule has 0 amide bonds. The number of aromatic amines is 1. The number of para-hydroxylation sites is 1. The lowest BCUT2D eigenvalue weighted by Crippen LogP contribution is -2.17. The molecule has 32 heavy (non-hydrogen) atoms. The third kappa shape index (κ3) is 3.96. The van der Waals surface area contributed by atoms with Gasteiger partial charge in [-0.15, -0.1) is 11.3 Å². The van der Waals surface area contributed by atoms with Gasteiger partial charge in [0.15, 0.2) is 0 Å². The molecule has 0 radical (unpaired) electrons. The number of benzene rings is 3. The molecule has 6 heteroatoms. The van der Waals surface area contributed by atoms with Crippen molar-refractivity contribution in [1.29, 1.82) is 0 Å². The molecule has 156 valence electrons. The molecule has 0 saturated heterocycles. The van der Waals surface area contributed by atoms with E-state index in [9.17, 15) is 4.79 Å². The predicted molar refractivity (Wildman–Crippen MR) is 131 cm³/mol. The normalized spacial score (nSPS) is 11.3. The van der Waals surface area contributed by atoms with Crippen molar-refractivity contribution in [3.63, 3.8) is 0 Å². The first-order valence-electron chi connectivity index (χ1n) is 10.2. The largest absolute Gasteiger partial charge is 0.295 e. The minimum absolute atomic E-state index is 0.134. The topological polar surface area (TPSA) is 63.0 Å². The molecule has 0 saturated carbocycles. The van der Waals surface area contributed by atoms with Crippen molar-refractivity contribution in [2.24, 2.45) is 4.99 Å². The second kappa shape index (κ2) is 8.61. The molecule has 5 rings (SSSR count). The molecule has 2 aromatic heterocycles. The number of hydrogen-bond acceptors (Lipinski definition) is 4. The Labute approximate surface area is 189 Å². The van der Waals surface area contributed by atoms with E-state index in [1.165, 1.54) is 27.1 Å². The number of H-pyrrole nitrogens is 1. The summed E-state index contributed by atoms with van der Waals surface area (Å²) in [6.07, 6.45) is 1.59. The maximum atomic E-state index is 12.8. The highest BCUT2D eigenvalue weighted by Gasteiger charge is 2.11. The fourth-order valence-corrected chi connectivity index (χ4v) is 4.18. The molecule has 5 aromatic rings. The smallest absolute Gasteiger partial charge is 0.280 e.